The van der Waals surface area contributed by atoms with Gasteiger partial charge >= 0.3 is 0 Å². The van der Waals surface area contributed by atoms with Crippen LogP contribution >= 0.6 is 0 Å². The SMILES string of the molecule is COc1cccc2c1cc(C(=O)NC(C)C)n2C. The van der Waals surface area contributed by atoms with Crippen LogP contribution in [0.15, 0.2) is 24.3 Å². The first-order chi connectivity index (χ1) is 8.54. The summed E-state index contributed by atoms with van der Waals surface area (Å²) < 4.78 is 7.20. The number of hydrogen-bond donors (Lipinski definition) is 1. The van der Waals surface area contributed by atoms with Crippen LogP contribution in [0.4, 0.5) is 0 Å². The number of amides is 1. The first-order valence-corrected chi connectivity index (χ1v) is 5.98. The van der Waals surface area contributed by atoms with E-state index in [0.717, 1.165) is 16.7 Å². The highest BCUT2D eigenvalue weighted by Gasteiger charge is 2.15. The van der Waals surface area contributed by atoms with Crippen LogP contribution in [0.1, 0.15) is 24.3 Å². The summed E-state index contributed by atoms with van der Waals surface area (Å²) in [7, 11) is 3.52. The highest BCUT2D eigenvalue weighted by atomic mass is 16.5. The molecule has 0 aliphatic heterocycles. The van der Waals surface area contributed by atoms with Crippen LogP contribution in [0.2, 0.25) is 0 Å². The number of aromatic nitrogens is 1. The molecule has 0 spiro atoms. The van der Waals surface area contributed by atoms with Crippen molar-refractivity contribution in [3.8, 4) is 5.75 Å². The van der Waals surface area contributed by atoms with Gasteiger partial charge in [-0.25, -0.2) is 0 Å². The summed E-state index contributed by atoms with van der Waals surface area (Å²) in [5.74, 6) is 0.720. The fourth-order valence-electron chi connectivity index (χ4n) is 2.07. The number of methoxy groups -OCH3 is 1. The predicted octanol–water partition coefficient (Wildman–Crippen LogP) is 2.33. The van der Waals surface area contributed by atoms with Gasteiger partial charge in [-0.2, -0.15) is 0 Å². The Kier molecular flexibility index (Phi) is 3.28. The molecule has 0 radical (unpaired) electrons. The van der Waals surface area contributed by atoms with Crippen LogP contribution in [-0.2, 0) is 7.05 Å². The Morgan fingerprint density at radius 2 is 2.11 bits per heavy atom. The average molecular weight is 246 g/mol. The Labute approximate surface area is 107 Å². The fraction of sp³-hybridized carbons (Fsp3) is 0.357. The van der Waals surface area contributed by atoms with Crippen LogP contribution in [0.25, 0.3) is 10.9 Å². The lowest BCUT2D eigenvalue weighted by molar-refractivity contribution is 0.0935. The molecule has 0 saturated heterocycles. The summed E-state index contributed by atoms with van der Waals surface area (Å²) in [6.45, 7) is 3.89. The first kappa shape index (κ1) is 12.5. The topological polar surface area (TPSA) is 43.3 Å². The lowest BCUT2D eigenvalue weighted by Gasteiger charge is -2.08. The van der Waals surface area contributed by atoms with Crippen molar-refractivity contribution in [2.24, 2.45) is 7.05 Å². The zero-order valence-corrected chi connectivity index (χ0v) is 11.2. The highest BCUT2D eigenvalue weighted by molar-refractivity contribution is 6.00. The predicted molar refractivity (Wildman–Crippen MR) is 72.1 cm³/mol. The van der Waals surface area contributed by atoms with Gasteiger partial charge in [0.15, 0.2) is 0 Å². The second-order valence-corrected chi connectivity index (χ2v) is 4.61. The molecule has 4 nitrogen and oxygen atoms in total. The number of rotatable bonds is 3. The van der Waals surface area contributed by atoms with Crippen LogP contribution < -0.4 is 10.1 Å². The van der Waals surface area contributed by atoms with E-state index in [1.807, 2.05) is 49.7 Å². The van der Waals surface area contributed by atoms with E-state index in [-0.39, 0.29) is 11.9 Å². The smallest absolute Gasteiger partial charge is 0.268 e. The molecule has 0 saturated carbocycles. The number of aryl methyl sites for hydroxylation is 1. The number of fused-ring (bicyclic) bond motifs is 1. The number of ether oxygens (including phenoxy) is 1. The van der Waals surface area contributed by atoms with Crippen molar-refractivity contribution in [2.75, 3.05) is 7.11 Å². The number of nitrogens with one attached hydrogen (secondary N) is 1. The molecular weight excluding hydrogens is 228 g/mol. The molecule has 2 aromatic rings. The van der Waals surface area contributed by atoms with Crippen molar-refractivity contribution in [3.05, 3.63) is 30.0 Å². The third-order valence-corrected chi connectivity index (χ3v) is 2.92. The molecule has 1 N–H and O–H groups in total. The van der Waals surface area contributed by atoms with E-state index in [9.17, 15) is 4.79 Å². The lowest BCUT2D eigenvalue weighted by Crippen LogP contribution is -2.31. The summed E-state index contributed by atoms with van der Waals surface area (Å²) in [5.41, 5.74) is 1.63. The molecule has 0 bridgehead atoms. The highest BCUT2D eigenvalue weighted by Crippen LogP contribution is 2.27. The molecule has 1 aromatic carbocycles. The van der Waals surface area contributed by atoms with Crippen molar-refractivity contribution in [1.82, 2.24) is 9.88 Å². The fourth-order valence-corrected chi connectivity index (χ4v) is 2.07. The lowest BCUT2D eigenvalue weighted by atomic mass is 10.2. The standard InChI is InChI=1S/C14H18N2O2/c1-9(2)15-14(17)12-8-10-11(16(12)3)6-5-7-13(10)18-4/h5-9H,1-4H3,(H,15,17). The summed E-state index contributed by atoms with van der Waals surface area (Å²) in [6, 6.07) is 7.78. The molecule has 0 atom stereocenters. The summed E-state index contributed by atoms with van der Waals surface area (Å²) in [5, 5.41) is 3.85. The monoisotopic (exact) mass is 246 g/mol. The van der Waals surface area contributed by atoms with Gasteiger partial charge in [-0.3, -0.25) is 4.79 Å². The van der Waals surface area contributed by atoms with Gasteiger partial charge in [-0.1, -0.05) is 6.07 Å². The van der Waals surface area contributed by atoms with Gasteiger partial charge in [-0.15, -0.1) is 0 Å². The molecule has 96 valence electrons. The van der Waals surface area contributed by atoms with Gasteiger partial charge < -0.3 is 14.6 Å². The molecule has 18 heavy (non-hydrogen) atoms. The Morgan fingerprint density at radius 3 is 2.72 bits per heavy atom. The Hall–Kier alpha value is -1.97. The van der Waals surface area contributed by atoms with E-state index in [2.05, 4.69) is 5.32 Å². The summed E-state index contributed by atoms with van der Waals surface area (Å²) in [4.78, 5) is 12.1. The summed E-state index contributed by atoms with van der Waals surface area (Å²) >= 11 is 0. The van der Waals surface area contributed by atoms with E-state index < -0.39 is 0 Å². The molecular formula is C14H18N2O2. The zero-order valence-electron chi connectivity index (χ0n) is 11.2. The molecule has 1 heterocycles. The number of carbonyl (C=O) groups excluding carboxylic acids is 1. The Bertz CT molecular complexity index is 585. The van der Waals surface area contributed by atoms with Crippen molar-refractivity contribution in [1.29, 1.82) is 0 Å². The van der Waals surface area contributed by atoms with Crippen LogP contribution in [0, 0.1) is 0 Å². The molecule has 0 aliphatic rings. The quantitative estimate of drug-likeness (QED) is 0.903. The third kappa shape index (κ3) is 2.06. The largest absolute Gasteiger partial charge is 0.496 e. The van der Waals surface area contributed by atoms with Crippen LogP contribution in [0.3, 0.4) is 0 Å². The van der Waals surface area contributed by atoms with E-state index in [1.54, 1.807) is 7.11 Å². The Morgan fingerprint density at radius 1 is 1.39 bits per heavy atom. The molecule has 1 aromatic heterocycles. The number of carbonyl (C=O) groups is 1. The van der Waals surface area contributed by atoms with E-state index in [1.165, 1.54) is 0 Å². The van der Waals surface area contributed by atoms with Crippen molar-refractivity contribution in [2.45, 2.75) is 19.9 Å². The minimum Gasteiger partial charge on any atom is -0.496 e. The third-order valence-electron chi connectivity index (χ3n) is 2.92. The number of benzene rings is 1. The second kappa shape index (κ2) is 4.72. The van der Waals surface area contributed by atoms with Crippen LogP contribution in [0.5, 0.6) is 5.75 Å². The molecule has 0 unspecified atom stereocenters. The Balaban J connectivity index is 2.53. The molecule has 2 rings (SSSR count). The molecule has 4 heteroatoms. The maximum absolute atomic E-state index is 12.1. The van der Waals surface area contributed by atoms with Crippen molar-refractivity contribution in [3.63, 3.8) is 0 Å². The average Bonchev–Trinajstić information content (AvgIpc) is 2.66. The van der Waals surface area contributed by atoms with Gasteiger partial charge in [-0.05, 0) is 32.0 Å². The first-order valence-electron chi connectivity index (χ1n) is 5.98. The second-order valence-electron chi connectivity index (χ2n) is 4.61. The van der Waals surface area contributed by atoms with E-state index in [4.69, 9.17) is 4.74 Å². The van der Waals surface area contributed by atoms with Crippen molar-refractivity contribution >= 4 is 16.8 Å². The van der Waals surface area contributed by atoms with Crippen molar-refractivity contribution < 1.29 is 9.53 Å². The van der Waals surface area contributed by atoms with Gasteiger partial charge in [0.25, 0.3) is 5.91 Å². The minimum absolute atomic E-state index is 0.0641. The van der Waals surface area contributed by atoms with Crippen LogP contribution in [-0.4, -0.2) is 23.6 Å². The maximum atomic E-state index is 12.1. The van der Waals surface area contributed by atoms with Gasteiger partial charge in [0.05, 0.1) is 12.6 Å². The number of nitrogens with zero attached hydrogens (tertiary/aromatic N) is 1. The van der Waals surface area contributed by atoms with Gasteiger partial charge in [0, 0.05) is 18.5 Å². The number of hydrogen-bond acceptors (Lipinski definition) is 2. The molecule has 0 aliphatic carbocycles. The summed E-state index contributed by atoms with van der Waals surface area (Å²) in [6.07, 6.45) is 0. The zero-order chi connectivity index (χ0) is 13.3. The van der Waals surface area contributed by atoms with Gasteiger partial charge in [0.2, 0.25) is 0 Å². The van der Waals surface area contributed by atoms with E-state index in [0.29, 0.717) is 5.69 Å². The maximum Gasteiger partial charge on any atom is 0.268 e. The minimum atomic E-state index is -0.0641. The van der Waals surface area contributed by atoms with Gasteiger partial charge in [0.1, 0.15) is 11.4 Å². The van der Waals surface area contributed by atoms with E-state index >= 15 is 0 Å². The molecule has 0 fully saturated rings. The molecule has 1 amide bonds. The normalized spacial score (nSPS) is 10.9.